The molecule has 0 spiro atoms. The Morgan fingerprint density at radius 1 is 1.14 bits per heavy atom. The Hall–Kier alpha value is -3.56. The van der Waals surface area contributed by atoms with E-state index in [1.54, 1.807) is 30.9 Å². The number of carbonyl (C=O) groups excluding carboxylic acids is 1. The third kappa shape index (κ3) is 4.65. The molecule has 0 aromatic carbocycles. The topological polar surface area (TPSA) is 114 Å². The van der Waals surface area contributed by atoms with E-state index in [9.17, 15) is 4.79 Å². The van der Waals surface area contributed by atoms with Gasteiger partial charge in [0, 0.05) is 43.3 Å². The number of nitrogens with zero attached hydrogens (tertiary/aromatic N) is 7. The monoisotopic (exact) mass is 393 g/mol. The maximum Gasteiger partial charge on any atom is 0.319 e. The first kappa shape index (κ1) is 18.8. The number of hydrogen-bond donors (Lipinski definition) is 2. The van der Waals surface area contributed by atoms with E-state index in [1.807, 2.05) is 19.9 Å². The molecule has 0 unspecified atom stereocenters. The van der Waals surface area contributed by atoms with Crippen LogP contribution in [0.2, 0.25) is 0 Å². The standard InChI is InChI=1S/C19H23N9O/c1-13-10-17(24-14(2)23-13)27-8-4-15(5-9-27)25-19(29)26-16-11-22-28(12-16)18-20-6-3-7-21-18/h3,6-7,10-12,15H,4-5,8-9H2,1-2H3,(H2,25,26,29). The van der Waals surface area contributed by atoms with Crippen LogP contribution in [0.25, 0.3) is 5.95 Å². The summed E-state index contributed by atoms with van der Waals surface area (Å²) in [6, 6.07) is 3.60. The molecule has 1 saturated heterocycles. The molecule has 0 atom stereocenters. The number of piperidine rings is 1. The molecule has 2 N–H and O–H groups in total. The highest BCUT2D eigenvalue weighted by Gasteiger charge is 2.22. The predicted octanol–water partition coefficient (Wildman–Crippen LogP) is 1.86. The van der Waals surface area contributed by atoms with Crippen molar-refractivity contribution < 1.29 is 4.79 Å². The van der Waals surface area contributed by atoms with Crippen LogP contribution in [0.3, 0.4) is 0 Å². The summed E-state index contributed by atoms with van der Waals surface area (Å²) in [5.74, 6) is 2.18. The lowest BCUT2D eigenvalue weighted by Crippen LogP contribution is -2.46. The lowest BCUT2D eigenvalue weighted by Gasteiger charge is -2.33. The molecular weight excluding hydrogens is 370 g/mol. The molecule has 0 radical (unpaired) electrons. The average molecular weight is 393 g/mol. The normalized spacial score (nSPS) is 14.6. The summed E-state index contributed by atoms with van der Waals surface area (Å²) < 4.78 is 1.51. The minimum atomic E-state index is -0.245. The molecule has 10 heteroatoms. The molecule has 4 rings (SSSR count). The van der Waals surface area contributed by atoms with Crippen molar-refractivity contribution in [2.75, 3.05) is 23.3 Å². The Bertz CT molecular complexity index is 960. The van der Waals surface area contributed by atoms with Gasteiger partial charge in [0.15, 0.2) is 0 Å². The van der Waals surface area contributed by atoms with Crippen molar-refractivity contribution in [3.05, 3.63) is 48.4 Å². The minimum absolute atomic E-state index is 0.114. The number of amides is 2. The quantitative estimate of drug-likeness (QED) is 0.695. The van der Waals surface area contributed by atoms with Crippen molar-refractivity contribution in [2.45, 2.75) is 32.7 Å². The van der Waals surface area contributed by atoms with Crippen molar-refractivity contribution >= 4 is 17.5 Å². The highest BCUT2D eigenvalue weighted by Crippen LogP contribution is 2.19. The average Bonchev–Trinajstić information content (AvgIpc) is 3.17. The second-order valence-electron chi connectivity index (χ2n) is 7.00. The first-order valence-electron chi connectivity index (χ1n) is 9.53. The van der Waals surface area contributed by atoms with Crippen LogP contribution in [0.1, 0.15) is 24.4 Å². The second-order valence-corrected chi connectivity index (χ2v) is 7.00. The van der Waals surface area contributed by atoms with Crippen molar-refractivity contribution in [3.63, 3.8) is 0 Å². The third-order valence-corrected chi connectivity index (χ3v) is 4.70. The van der Waals surface area contributed by atoms with Crippen molar-refractivity contribution in [1.82, 2.24) is 35.0 Å². The van der Waals surface area contributed by atoms with E-state index in [0.717, 1.165) is 43.3 Å². The van der Waals surface area contributed by atoms with Crippen LogP contribution < -0.4 is 15.5 Å². The molecule has 1 aliphatic rings. The molecule has 3 aromatic heterocycles. The Labute approximate surface area is 168 Å². The maximum absolute atomic E-state index is 12.3. The van der Waals surface area contributed by atoms with Gasteiger partial charge in [-0.2, -0.15) is 5.10 Å². The van der Waals surface area contributed by atoms with Gasteiger partial charge in [-0.1, -0.05) is 0 Å². The third-order valence-electron chi connectivity index (χ3n) is 4.70. The molecule has 150 valence electrons. The van der Waals surface area contributed by atoms with Crippen LogP contribution in [0.15, 0.2) is 36.9 Å². The summed E-state index contributed by atoms with van der Waals surface area (Å²) in [5, 5.41) is 10.0. The van der Waals surface area contributed by atoms with Gasteiger partial charge >= 0.3 is 6.03 Å². The molecule has 0 bridgehead atoms. The number of aromatic nitrogens is 6. The van der Waals surface area contributed by atoms with E-state index in [0.29, 0.717) is 11.6 Å². The van der Waals surface area contributed by atoms with Crippen LogP contribution in [0.4, 0.5) is 16.3 Å². The summed E-state index contributed by atoms with van der Waals surface area (Å²) >= 11 is 0. The van der Waals surface area contributed by atoms with E-state index in [1.165, 1.54) is 4.68 Å². The van der Waals surface area contributed by atoms with E-state index >= 15 is 0 Å². The summed E-state index contributed by atoms with van der Waals surface area (Å²) in [5.41, 5.74) is 1.55. The van der Waals surface area contributed by atoms with Gasteiger partial charge in [0.25, 0.3) is 0 Å². The molecular formula is C19H23N9O. The molecule has 4 heterocycles. The lowest BCUT2D eigenvalue weighted by molar-refractivity contribution is 0.246. The molecule has 10 nitrogen and oxygen atoms in total. The number of hydrogen-bond acceptors (Lipinski definition) is 7. The summed E-state index contributed by atoms with van der Waals surface area (Å²) in [6.45, 7) is 5.55. The number of nitrogens with one attached hydrogen (secondary N) is 2. The number of urea groups is 1. The van der Waals surface area contributed by atoms with E-state index in [2.05, 4.69) is 40.6 Å². The van der Waals surface area contributed by atoms with Gasteiger partial charge in [0.1, 0.15) is 11.6 Å². The maximum atomic E-state index is 12.3. The summed E-state index contributed by atoms with van der Waals surface area (Å²) in [6.07, 6.45) is 8.23. The molecule has 1 fully saturated rings. The lowest BCUT2D eigenvalue weighted by atomic mass is 10.1. The van der Waals surface area contributed by atoms with Crippen LogP contribution >= 0.6 is 0 Å². The van der Waals surface area contributed by atoms with Crippen LogP contribution in [0, 0.1) is 13.8 Å². The smallest absolute Gasteiger partial charge is 0.319 e. The Morgan fingerprint density at radius 3 is 2.62 bits per heavy atom. The Morgan fingerprint density at radius 2 is 1.90 bits per heavy atom. The molecule has 0 saturated carbocycles. The van der Waals surface area contributed by atoms with Crippen LogP contribution in [0.5, 0.6) is 0 Å². The summed E-state index contributed by atoms with van der Waals surface area (Å²) in [7, 11) is 0. The Balaban J connectivity index is 1.28. The zero-order valence-corrected chi connectivity index (χ0v) is 16.4. The summed E-state index contributed by atoms with van der Waals surface area (Å²) in [4.78, 5) is 31.7. The number of anilines is 2. The predicted molar refractivity (Wildman–Crippen MR) is 108 cm³/mol. The highest BCUT2D eigenvalue weighted by molar-refractivity contribution is 5.89. The second kappa shape index (κ2) is 8.21. The minimum Gasteiger partial charge on any atom is -0.356 e. The van der Waals surface area contributed by atoms with Gasteiger partial charge in [0.05, 0.1) is 18.1 Å². The molecule has 3 aromatic rings. The largest absolute Gasteiger partial charge is 0.356 e. The first-order valence-corrected chi connectivity index (χ1v) is 9.53. The van der Waals surface area contributed by atoms with Gasteiger partial charge in [-0.3, -0.25) is 0 Å². The fourth-order valence-electron chi connectivity index (χ4n) is 3.37. The van der Waals surface area contributed by atoms with E-state index < -0.39 is 0 Å². The SMILES string of the molecule is Cc1cc(N2CCC(NC(=O)Nc3cnn(-c4ncccn4)c3)CC2)nc(C)n1. The fraction of sp³-hybridized carbons (Fsp3) is 0.368. The van der Waals surface area contributed by atoms with Crippen molar-refractivity contribution in [1.29, 1.82) is 0 Å². The number of carbonyl (C=O) groups is 1. The number of rotatable bonds is 4. The van der Waals surface area contributed by atoms with Gasteiger partial charge in [-0.05, 0) is 32.8 Å². The highest BCUT2D eigenvalue weighted by atomic mass is 16.2. The molecule has 2 amide bonds. The number of aryl methyl sites for hydroxylation is 2. The van der Waals surface area contributed by atoms with Crippen LogP contribution in [-0.2, 0) is 0 Å². The van der Waals surface area contributed by atoms with E-state index in [4.69, 9.17) is 0 Å². The van der Waals surface area contributed by atoms with E-state index in [-0.39, 0.29) is 12.1 Å². The first-order chi connectivity index (χ1) is 14.1. The zero-order chi connectivity index (χ0) is 20.2. The fourth-order valence-corrected chi connectivity index (χ4v) is 3.37. The Kier molecular flexibility index (Phi) is 5.32. The van der Waals surface area contributed by atoms with Gasteiger partial charge in [0.2, 0.25) is 5.95 Å². The van der Waals surface area contributed by atoms with Crippen molar-refractivity contribution in [3.8, 4) is 5.95 Å². The van der Waals surface area contributed by atoms with Crippen LogP contribution in [-0.4, -0.2) is 54.9 Å². The molecule has 0 aliphatic carbocycles. The van der Waals surface area contributed by atoms with Gasteiger partial charge in [-0.25, -0.2) is 29.4 Å². The molecule has 1 aliphatic heterocycles. The van der Waals surface area contributed by atoms with Gasteiger partial charge < -0.3 is 15.5 Å². The molecule has 29 heavy (non-hydrogen) atoms. The zero-order valence-electron chi connectivity index (χ0n) is 16.4. The van der Waals surface area contributed by atoms with Gasteiger partial charge in [-0.15, -0.1) is 0 Å². The van der Waals surface area contributed by atoms with Crippen molar-refractivity contribution in [2.24, 2.45) is 0 Å².